The summed E-state index contributed by atoms with van der Waals surface area (Å²) >= 11 is 12.4. The van der Waals surface area contributed by atoms with Gasteiger partial charge in [-0.15, -0.1) is 0 Å². The first-order chi connectivity index (χ1) is 15.0. The zero-order valence-corrected chi connectivity index (χ0v) is 18.7. The zero-order valence-electron chi connectivity index (χ0n) is 17.2. The van der Waals surface area contributed by atoms with Gasteiger partial charge in [-0.05, 0) is 44.4 Å². The van der Waals surface area contributed by atoms with Crippen molar-refractivity contribution in [2.24, 2.45) is 0 Å². The van der Waals surface area contributed by atoms with E-state index in [2.05, 4.69) is 26.9 Å². The summed E-state index contributed by atoms with van der Waals surface area (Å²) in [4.78, 5) is 14.6. The molecule has 2 aromatic carbocycles. The van der Waals surface area contributed by atoms with E-state index >= 15 is 4.39 Å². The molecule has 0 radical (unpaired) electrons. The van der Waals surface area contributed by atoms with E-state index in [1.54, 1.807) is 12.1 Å². The number of hydrogen-bond donors (Lipinski definition) is 0. The fourth-order valence-electron chi connectivity index (χ4n) is 3.65. The molecular weight excluding hydrogens is 438 g/mol. The Morgan fingerprint density at radius 3 is 2.39 bits per heavy atom. The van der Waals surface area contributed by atoms with Gasteiger partial charge in [-0.25, -0.2) is 4.39 Å². The number of fused-ring (bicyclic) bond motifs is 2. The topological polar surface area (TPSA) is 51.1 Å². The molecule has 8 heteroatoms. The minimum absolute atomic E-state index is 0.00972. The number of halogens is 3. The molecule has 5 nitrogen and oxygen atoms in total. The van der Waals surface area contributed by atoms with Gasteiger partial charge in [0.2, 0.25) is 0 Å². The van der Waals surface area contributed by atoms with Crippen molar-refractivity contribution >= 4 is 44.9 Å². The average Bonchev–Trinajstić information content (AvgIpc) is 3.25. The second-order valence-corrected chi connectivity index (χ2v) is 8.10. The third-order valence-electron chi connectivity index (χ3n) is 5.24. The quantitative estimate of drug-likeness (QED) is 0.344. The van der Waals surface area contributed by atoms with Crippen LogP contribution in [0.3, 0.4) is 0 Å². The lowest BCUT2D eigenvalue weighted by molar-refractivity contribution is 0.381. The van der Waals surface area contributed by atoms with Gasteiger partial charge in [-0.1, -0.05) is 53.5 Å². The fraction of sp³-hybridized carbons (Fsp3) is 0.261. The SMILES string of the molecule is CN1CCCC1.COc1nc(Cl)c2cnc(-c3cccc4cccc(Cl)c34)c(F)c2n1. The molecular formula is C23H21Cl2FN4O. The number of likely N-dealkylation sites (tertiary alicyclic amines) is 1. The van der Waals surface area contributed by atoms with Gasteiger partial charge >= 0.3 is 6.01 Å². The molecule has 0 aliphatic carbocycles. The van der Waals surface area contributed by atoms with Gasteiger partial charge in [0.1, 0.15) is 16.4 Å². The molecule has 0 unspecified atom stereocenters. The highest BCUT2D eigenvalue weighted by atomic mass is 35.5. The Labute approximate surface area is 189 Å². The second kappa shape index (κ2) is 9.30. The van der Waals surface area contributed by atoms with Gasteiger partial charge in [0.15, 0.2) is 5.82 Å². The Kier molecular flexibility index (Phi) is 6.51. The monoisotopic (exact) mass is 458 g/mol. The highest BCUT2D eigenvalue weighted by molar-refractivity contribution is 6.36. The van der Waals surface area contributed by atoms with Crippen LogP contribution in [0.15, 0.2) is 42.6 Å². The third kappa shape index (κ3) is 4.42. The lowest BCUT2D eigenvalue weighted by Gasteiger charge is -2.11. The van der Waals surface area contributed by atoms with Crippen LogP contribution in [0.2, 0.25) is 10.2 Å². The number of methoxy groups -OCH3 is 1. The van der Waals surface area contributed by atoms with Gasteiger partial charge in [-0.2, -0.15) is 9.97 Å². The van der Waals surface area contributed by atoms with E-state index in [-0.39, 0.29) is 22.4 Å². The molecule has 31 heavy (non-hydrogen) atoms. The predicted octanol–water partition coefficient (Wildman–Crippen LogP) is 6.01. The molecule has 4 aromatic rings. The number of aromatic nitrogens is 3. The highest BCUT2D eigenvalue weighted by Crippen LogP contribution is 2.36. The van der Waals surface area contributed by atoms with Crippen LogP contribution < -0.4 is 4.74 Å². The summed E-state index contributed by atoms with van der Waals surface area (Å²) < 4.78 is 20.2. The van der Waals surface area contributed by atoms with Crippen LogP contribution in [0.5, 0.6) is 6.01 Å². The Bertz CT molecular complexity index is 1240. The third-order valence-corrected chi connectivity index (χ3v) is 5.84. The molecule has 160 valence electrons. The maximum atomic E-state index is 15.2. The summed E-state index contributed by atoms with van der Waals surface area (Å²) in [5, 5.41) is 2.53. The van der Waals surface area contributed by atoms with Crippen LogP contribution in [0.25, 0.3) is 32.9 Å². The summed E-state index contributed by atoms with van der Waals surface area (Å²) in [6.07, 6.45) is 4.28. The summed E-state index contributed by atoms with van der Waals surface area (Å²) in [5.41, 5.74) is 0.769. The summed E-state index contributed by atoms with van der Waals surface area (Å²) in [6.45, 7) is 2.64. The smallest absolute Gasteiger partial charge is 0.318 e. The molecule has 1 fully saturated rings. The van der Waals surface area contributed by atoms with Crippen molar-refractivity contribution in [2.75, 3.05) is 27.2 Å². The number of rotatable bonds is 2. The van der Waals surface area contributed by atoms with Gasteiger partial charge in [0.05, 0.1) is 12.5 Å². The fourth-order valence-corrected chi connectivity index (χ4v) is 4.14. The number of hydrogen-bond acceptors (Lipinski definition) is 5. The standard InChI is InChI=1S/C18H10Cl2FN3O.C5H11N/c1-25-18-23-16-11(17(20)24-18)8-22-15(14(16)21)10-6-2-4-9-5-3-7-12(19)13(9)10;1-6-4-2-3-5-6/h2-8H,1H3;2-5H2,1H3. The summed E-state index contributed by atoms with van der Waals surface area (Å²) in [7, 11) is 3.56. The summed E-state index contributed by atoms with van der Waals surface area (Å²) in [5.74, 6) is -0.604. The van der Waals surface area contributed by atoms with Crippen molar-refractivity contribution in [1.82, 2.24) is 19.9 Å². The molecule has 3 heterocycles. The van der Waals surface area contributed by atoms with Gasteiger partial charge in [0, 0.05) is 22.2 Å². The van der Waals surface area contributed by atoms with Crippen LogP contribution in [0.1, 0.15) is 12.8 Å². The van der Waals surface area contributed by atoms with E-state index in [0.29, 0.717) is 16.0 Å². The molecule has 1 saturated heterocycles. The first kappa shape index (κ1) is 21.7. The van der Waals surface area contributed by atoms with Crippen LogP contribution in [-0.4, -0.2) is 47.1 Å². The average molecular weight is 459 g/mol. The molecule has 0 bridgehead atoms. The highest BCUT2D eigenvalue weighted by Gasteiger charge is 2.18. The minimum atomic E-state index is -0.604. The first-order valence-corrected chi connectivity index (χ1v) is 10.7. The Balaban J connectivity index is 0.000000334. The van der Waals surface area contributed by atoms with Gasteiger partial charge in [-0.3, -0.25) is 4.98 Å². The molecule has 0 N–H and O–H groups in total. The number of nitrogens with zero attached hydrogens (tertiary/aromatic N) is 4. The van der Waals surface area contributed by atoms with Gasteiger partial charge < -0.3 is 9.64 Å². The van der Waals surface area contributed by atoms with E-state index in [4.69, 9.17) is 27.9 Å². The van der Waals surface area contributed by atoms with Crippen molar-refractivity contribution in [3.63, 3.8) is 0 Å². The van der Waals surface area contributed by atoms with E-state index in [1.807, 2.05) is 24.3 Å². The molecule has 5 rings (SSSR count). The van der Waals surface area contributed by atoms with E-state index in [0.717, 1.165) is 10.8 Å². The van der Waals surface area contributed by atoms with Crippen molar-refractivity contribution < 1.29 is 9.13 Å². The van der Waals surface area contributed by atoms with Crippen LogP contribution in [-0.2, 0) is 0 Å². The van der Waals surface area contributed by atoms with Crippen molar-refractivity contribution in [3.05, 3.63) is 58.6 Å². The molecule has 1 aliphatic rings. The lowest BCUT2D eigenvalue weighted by atomic mass is 10.0. The molecule has 0 amide bonds. The molecule has 0 spiro atoms. The minimum Gasteiger partial charge on any atom is -0.467 e. The number of benzene rings is 2. The van der Waals surface area contributed by atoms with Gasteiger partial charge in [0.25, 0.3) is 0 Å². The maximum absolute atomic E-state index is 15.2. The first-order valence-electron chi connectivity index (χ1n) is 9.91. The molecule has 0 saturated carbocycles. The maximum Gasteiger partial charge on any atom is 0.318 e. The second-order valence-electron chi connectivity index (χ2n) is 7.34. The van der Waals surface area contributed by atoms with Crippen LogP contribution in [0.4, 0.5) is 4.39 Å². The molecule has 0 atom stereocenters. The molecule has 2 aromatic heterocycles. The predicted molar refractivity (Wildman–Crippen MR) is 124 cm³/mol. The van der Waals surface area contributed by atoms with E-state index in [9.17, 15) is 0 Å². The van der Waals surface area contributed by atoms with Crippen LogP contribution >= 0.6 is 23.2 Å². The Morgan fingerprint density at radius 2 is 1.74 bits per heavy atom. The van der Waals surface area contributed by atoms with E-state index < -0.39 is 5.82 Å². The Hall–Kier alpha value is -2.54. The van der Waals surface area contributed by atoms with E-state index in [1.165, 1.54) is 39.2 Å². The van der Waals surface area contributed by atoms with Crippen molar-refractivity contribution in [2.45, 2.75) is 12.8 Å². The Morgan fingerprint density at radius 1 is 1.03 bits per heavy atom. The van der Waals surface area contributed by atoms with Crippen molar-refractivity contribution in [1.29, 1.82) is 0 Å². The lowest BCUT2D eigenvalue weighted by Crippen LogP contribution is -2.10. The number of pyridine rings is 1. The van der Waals surface area contributed by atoms with Crippen LogP contribution in [0, 0.1) is 5.82 Å². The summed E-state index contributed by atoms with van der Waals surface area (Å²) in [6, 6.07) is 11.0. The normalized spacial score (nSPS) is 14.0. The molecule has 1 aliphatic heterocycles. The largest absolute Gasteiger partial charge is 0.467 e. The zero-order chi connectivity index (χ0) is 22.0. The van der Waals surface area contributed by atoms with Crippen molar-refractivity contribution in [3.8, 4) is 17.3 Å². The number of ether oxygens (including phenoxy) is 1.